The lowest BCUT2D eigenvalue weighted by molar-refractivity contribution is 0.193. The van der Waals surface area contributed by atoms with Gasteiger partial charge in [-0.3, -0.25) is 0 Å². The Hall–Kier alpha value is -1.06. The molecule has 3 heteroatoms. The number of ether oxygens (including phenoxy) is 1. The molecule has 0 amide bonds. The van der Waals surface area contributed by atoms with Gasteiger partial charge in [0.1, 0.15) is 12.4 Å². The molecular formula is C16H26N2O. The largest absolute Gasteiger partial charge is 0.492 e. The van der Waals surface area contributed by atoms with Gasteiger partial charge >= 0.3 is 0 Å². The van der Waals surface area contributed by atoms with Crippen LogP contribution < -0.4 is 10.1 Å². The van der Waals surface area contributed by atoms with Crippen molar-refractivity contribution in [3.05, 3.63) is 30.3 Å². The maximum absolute atomic E-state index is 5.68. The van der Waals surface area contributed by atoms with Gasteiger partial charge < -0.3 is 15.0 Å². The Kier molecular flexibility index (Phi) is 6.18. The first-order valence-corrected chi connectivity index (χ1v) is 7.52. The van der Waals surface area contributed by atoms with E-state index in [1.165, 1.54) is 38.9 Å². The second-order valence-corrected chi connectivity index (χ2v) is 5.23. The minimum atomic E-state index is 0.674. The number of para-hydroxylation sites is 1. The van der Waals surface area contributed by atoms with E-state index in [9.17, 15) is 0 Å². The third-order valence-electron chi connectivity index (χ3n) is 3.67. The fourth-order valence-electron chi connectivity index (χ4n) is 2.63. The monoisotopic (exact) mass is 262 g/mol. The maximum Gasteiger partial charge on any atom is 0.119 e. The number of hydrogen-bond acceptors (Lipinski definition) is 3. The van der Waals surface area contributed by atoms with Crippen LogP contribution in [0.1, 0.15) is 26.2 Å². The maximum atomic E-state index is 5.68. The van der Waals surface area contributed by atoms with Crippen LogP contribution in [0.5, 0.6) is 5.75 Å². The Labute approximate surface area is 116 Å². The lowest BCUT2D eigenvalue weighted by atomic mass is 10.1. The number of piperidine rings is 1. The zero-order chi connectivity index (χ0) is 13.3. The molecule has 1 N–H and O–H groups in total. The molecule has 1 aromatic rings. The predicted octanol–water partition coefficient (Wildman–Crippen LogP) is 2.53. The molecule has 2 rings (SSSR count). The highest BCUT2D eigenvalue weighted by atomic mass is 16.5. The molecule has 1 saturated heterocycles. The zero-order valence-electron chi connectivity index (χ0n) is 12.0. The summed E-state index contributed by atoms with van der Waals surface area (Å²) in [6.45, 7) is 7.68. The van der Waals surface area contributed by atoms with Gasteiger partial charge in [-0.25, -0.2) is 0 Å². The van der Waals surface area contributed by atoms with E-state index in [1.54, 1.807) is 0 Å². The molecule has 106 valence electrons. The topological polar surface area (TPSA) is 24.5 Å². The third kappa shape index (κ3) is 5.21. The van der Waals surface area contributed by atoms with E-state index in [4.69, 9.17) is 4.74 Å². The van der Waals surface area contributed by atoms with Crippen molar-refractivity contribution in [1.82, 2.24) is 10.2 Å². The average Bonchev–Trinajstić information content (AvgIpc) is 2.47. The number of hydrogen-bond donors (Lipinski definition) is 1. The summed E-state index contributed by atoms with van der Waals surface area (Å²) in [5.41, 5.74) is 0. The van der Waals surface area contributed by atoms with Gasteiger partial charge in [0.05, 0.1) is 0 Å². The Bertz CT molecular complexity index is 334. The standard InChI is InChI=1S/C16H26N2O/c1-2-11-18-12-8-15(9-13-18)17-10-14-19-16-6-4-3-5-7-16/h3-7,15,17H,2,8-14H2,1H3. The Morgan fingerprint density at radius 1 is 1.21 bits per heavy atom. The Morgan fingerprint density at radius 3 is 2.63 bits per heavy atom. The number of benzene rings is 1. The minimum absolute atomic E-state index is 0.674. The lowest BCUT2D eigenvalue weighted by Crippen LogP contribution is -2.43. The molecule has 0 aromatic heterocycles. The molecule has 0 atom stereocenters. The number of nitrogens with one attached hydrogen (secondary N) is 1. The first kappa shape index (κ1) is 14.4. The van der Waals surface area contributed by atoms with E-state index in [2.05, 4.69) is 17.1 Å². The summed E-state index contributed by atoms with van der Waals surface area (Å²) in [7, 11) is 0. The first-order chi connectivity index (χ1) is 9.38. The third-order valence-corrected chi connectivity index (χ3v) is 3.67. The Balaban J connectivity index is 1.55. The number of rotatable bonds is 7. The van der Waals surface area contributed by atoms with Gasteiger partial charge in [0, 0.05) is 12.6 Å². The van der Waals surface area contributed by atoms with Crippen molar-refractivity contribution in [1.29, 1.82) is 0 Å². The van der Waals surface area contributed by atoms with Crippen LogP contribution in [0.15, 0.2) is 30.3 Å². The zero-order valence-corrected chi connectivity index (χ0v) is 12.0. The van der Waals surface area contributed by atoms with Gasteiger partial charge in [-0.05, 0) is 51.0 Å². The van der Waals surface area contributed by atoms with Crippen LogP contribution in [0.4, 0.5) is 0 Å². The normalized spacial score (nSPS) is 17.5. The van der Waals surface area contributed by atoms with Gasteiger partial charge in [0.2, 0.25) is 0 Å². The van der Waals surface area contributed by atoms with Crippen LogP contribution in [0.2, 0.25) is 0 Å². The molecule has 0 radical (unpaired) electrons. The molecule has 0 bridgehead atoms. The molecule has 1 heterocycles. The minimum Gasteiger partial charge on any atom is -0.492 e. The van der Waals surface area contributed by atoms with Crippen molar-refractivity contribution in [3.63, 3.8) is 0 Å². The second kappa shape index (κ2) is 8.18. The molecule has 19 heavy (non-hydrogen) atoms. The summed E-state index contributed by atoms with van der Waals surface area (Å²) in [4.78, 5) is 2.57. The summed E-state index contributed by atoms with van der Waals surface area (Å²) in [6, 6.07) is 10.7. The van der Waals surface area contributed by atoms with Gasteiger partial charge in [0.25, 0.3) is 0 Å². The van der Waals surface area contributed by atoms with Crippen molar-refractivity contribution in [2.24, 2.45) is 0 Å². The molecule has 0 unspecified atom stereocenters. The molecule has 0 spiro atoms. The Morgan fingerprint density at radius 2 is 1.95 bits per heavy atom. The SMILES string of the molecule is CCCN1CCC(NCCOc2ccccc2)CC1. The van der Waals surface area contributed by atoms with Crippen LogP contribution in [0.3, 0.4) is 0 Å². The molecule has 1 aliphatic rings. The van der Waals surface area contributed by atoms with Crippen molar-refractivity contribution in [3.8, 4) is 5.75 Å². The van der Waals surface area contributed by atoms with E-state index in [0.29, 0.717) is 6.04 Å². The predicted molar refractivity (Wildman–Crippen MR) is 79.7 cm³/mol. The molecule has 1 fully saturated rings. The van der Waals surface area contributed by atoms with E-state index in [1.807, 2.05) is 30.3 Å². The highest BCUT2D eigenvalue weighted by Crippen LogP contribution is 2.11. The van der Waals surface area contributed by atoms with Crippen molar-refractivity contribution in [2.45, 2.75) is 32.2 Å². The molecule has 1 aromatic carbocycles. The molecule has 0 aliphatic carbocycles. The fraction of sp³-hybridized carbons (Fsp3) is 0.625. The van der Waals surface area contributed by atoms with Crippen molar-refractivity contribution in [2.75, 3.05) is 32.8 Å². The number of nitrogens with zero attached hydrogens (tertiary/aromatic N) is 1. The molecule has 1 aliphatic heterocycles. The molecule has 3 nitrogen and oxygen atoms in total. The number of likely N-dealkylation sites (tertiary alicyclic amines) is 1. The van der Waals surface area contributed by atoms with E-state index in [0.717, 1.165) is 18.9 Å². The van der Waals surface area contributed by atoms with E-state index < -0.39 is 0 Å². The molecule has 0 saturated carbocycles. The van der Waals surface area contributed by atoms with E-state index >= 15 is 0 Å². The summed E-state index contributed by atoms with van der Waals surface area (Å²) < 4.78 is 5.68. The van der Waals surface area contributed by atoms with E-state index in [-0.39, 0.29) is 0 Å². The highest BCUT2D eigenvalue weighted by molar-refractivity contribution is 5.20. The molecular weight excluding hydrogens is 236 g/mol. The van der Waals surface area contributed by atoms with Crippen LogP contribution >= 0.6 is 0 Å². The summed E-state index contributed by atoms with van der Waals surface area (Å²) >= 11 is 0. The lowest BCUT2D eigenvalue weighted by Gasteiger charge is -2.32. The summed E-state index contributed by atoms with van der Waals surface area (Å²) in [5, 5.41) is 3.60. The van der Waals surface area contributed by atoms with Crippen molar-refractivity contribution >= 4 is 0 Å². The van der Waals surface area contributed by atoms with Gasteiger partial charge in [-0.2, -0.15) is 0 Å². The van der Waals surface area contributed by atoms with Crippen molar-refractivity contribution < 1.29 is 4.74 Å². The van der Waals surface area contributed by atoms with Gasteiger partial charge in [0.15, 0.2) is 0 Å². The van der Waals surface area contributed by atoms with Crippen LogP contribution in [-0.4, -0.2) is 43.7 Å². The van der Waals surface area contributed by atoms with Crippen LogP contribution in [0, 0.1) is 0 Å². The van der Waals surface area contributed by atoms with Gasteiger partial charge in [-0.1, -0.05) is 25.1 Å². The first-order valence-electron chi connectivity index (χ1n) is 7.52. The quantitative estimate of drug-likeness (QED) is 0.764. The second-order valence-electron chi connectivity index (χ2n) is 5.23. The summed E-state index contributed by atoms with van der Waals surface area (Å²) in [5.74, 6) is 0.960. The van der Waals surface area contributed by atoms with Crippen LogP contribution in [-0.2, 0) is 0 Å². The summed E-state index contributed by atoms with van der Waals surface area (Å²) in [6.07, 6.45) is 3.81. The van der Waals surface area contributed by atoms with Crippen LogP contribution in [0.25, 0.3) is 0 Å². The average molecular weight is 262 g/mol. The smallest absolute Gasteiger partial charge is 0.119 e. The fourth-order valence-corrected chi connectivity index (χ4v) is 2.63. The highest BCUT2D eigenvalue weighted by Gasteiger charge is 2.17. The van der Waals surface area contributed by atoms with Gasteiger partial charge in [-0.15, -0.1) is 0 Å².